The zero-order valence-electron chi connectivity index (χ0n) is 16.0. The minimum absolute atomic E-state index is 0.0179. The first-order valence-corrected chi connectivity index (χ1v) is 9.01. The van der Waals surface area contributed by atoms with Crippen LogP contribution >= 0.6 is 0 Å². The molecule has 2 rings (SSSR count). The number of aliphatic hydroxyl groups excluding tert-OH is 1. The molecule has 1 saturated heterocycles. The lowest BCUT2D eigenvalue weighted by atomic mass is 9.88. The van der Waals surface area contributed by atoms with Gasteiger partial charge in [0.05, 0.1) is 13.2 Å². The second-order valence-corrected chi connectivity index (χ2v) is 7.98. The summed E-state index contributed by atoms with van der Waals surface area (Å²) in [6, 6.07) is 7.40. The van der Waals surface area contributed by atoms with E-state index in [9.17, 15) is 9.90 Å². The standard InChI is InChI=1S/C20H31NO4/c1-14-10-11-21(19(23)25-20(2,3)4)16(12-14)13-18(22)15-6-8-17(24-5)9-7-15/h6-9,14,16,18,22H,10-13H2,1-5H3. The van der Waals surface area contributed by atoms with Gasteiger partial charge in [0, 0.05) is 12.6 Å². The zero-order chi connectivity index (χ0) is 18.6. The maximum absolute atomic E-state index is 12.5. The van der Waals surface area contributed by atoms with Gasteiger partial charge in [0.15, 0.2) is 0 Å². The second kappa shape index (κ2) is 8.09. The lowest BCUT2D eigenvalue weighted by Crippen LogP contribution is -2.48. The third-order valence-corrected chi connectivity index (χ3v) is 4.60. The highest BCUT2D eigenvalue weighted by molar-refractivity contribution is 5.68. The smallest absolute Gasteiger partial charge is 0.410 e. The first kappa shape index (κ1) is 19.6. The molecule has 0 aromatic heterocycles. The Labute approximate surface area is 150 Å². The Hall–Kier alpha value is -1.75. The summed E-state index contributed by atoms with van der Waals surface area (Å²) in [5, 5.41) is 10.6. The van der Waals surface area contributed by atoms with E-state index in [1.165, 1.54) is 0 Å². The van der Waals surface area contributed by atoms with Crippen LogP contribution in [0, 0.1) is 5.92 Å². The Kier molecular flexibility index (Phi) is 6.33. The van der Waals surface area contributed by atoms with Gasteiger partial charge in [-0.3, -0.25) is 0 Å². The van der Waals surface area contributed by atoms with Crippen molar-refractivity contribution in [1.29, 1.82) is 0 Å². The third kappa shape index (κ3) is 5.63. The lowest BCUT2D eigenvalue weighted by Gasteiger charge is -2.40. The van der Waals surface area contributed by atoms with Crippen molar-refractivity contribution in [2.24, 2.45) is 5.92 Å². The van der Waals surface area contributed by atoms with Crippen LogP contribution in [0.5, 0.6) is 5.75 Å². The third-order valence-electron chi connectivity index (χ3n) is 4.60. The minimum atomic E-state index is -0.619. The number of amides is 1. The predicted molar refractivity (Wildman–Crippen MR) is 97.7 cm³/mol. The van der Waals surface area contributed by atoms with E-state index in [1.807, 2.05) is 45.0 Å². The number of hydrogen-bond donors (Lipinski definition) is 1. The lowest BCUT2D eigenvalue weighted by molar-refractivity contribution is -0.00279. The molecule has 140 valence electrons. The molecule has 1 aromatic carbocycles. The number of ether oxygens (including phenoxy) is 2. The Bertz CT molecular complexity index is 564. The summed E-state index contributed by atoms with van der Waals surface area (Å²) < 4.78 is 10.7. The van der Waals surface area contributed by atoms with Crippen molar-refractivity contribution in [2.75, 3.05) is 13.7 Å². The Morgan fingerprint density at radius 1 is 1.32 bits per heavy atom. The van der Waals surface area contributed by atoms with Crippen LogP contribution in [0.3, 0.4) is 0 Å². The highest BCUT2D eigenvalue weighted by Gasteiger charge is 2.34. The molecule has 0 radical (unpaired) electrons. The molecular formula is C20H31NO4. The van der Waals surface area contributed by atoms with Gasteiger partial charge in [-0.1, -0.05) is 19.1 Å². The monoisotopic (exact) mass is 349 g/mol. The Morgan fingerprint density at radius 3 is 2.52 bits per heavy atom. The summed E-state index contributed by atoms with van der Waals surface area (Å²) in [5.74, 6) is 1.30. The van der Waals surface area contributed by atoms with E-state index in [4.69, 9.17) is 9.47 Å². The number of hydrogen-bond acceptors (Lipinski definition) is 4. The largest absolute Gasteiger partial charge is 0.497 e. The van der Waals surface area contributed by atoms with Gasteiger partial charge in [0.25, 0.3) is 0 Å². The molecule has 1 aromatic rings. The molecular weight excluding hydrogens is 318 g/mol. The normalized spacial score (nSPS) is 22.4. The van der Waals surface area contributed by atoms with Gasteiger partial charge in [-0.2, -0.15) is 0 Å². The Balaban J connectivity index is 2.07. The van der Waals surface area contributed by atoms with Crippen molar-refractivity contribution in [3.63, 3.8) is 0 Å². The molecule has 1 fully saturated rings. The van der Waals surface area contributed by atoms with Crippen molar-refractivity contribution in [3.8, 4) is 5.75 Å². The maximum atomic E-state index is 12.5. The second-order valence-electron chi connectivity index (χ2n) is 7.98. The van der Waals surface area contributed by atoms with Gasteiger partial charge in [-0.15, -0.1) is 0 Å². The summed E-state index contributed by atoms with van der Waals surface area (Å²) in [5.41, 5.74) is 0.322. The van der Waals surface area contributed by atoms with Crippen LogP contribution in [-0.2, 0) is 4.74 Å². The number of aliphatic hydroxyl groups is 1. The van der Waals surface area contributed by atoms with E-state index in [0.717, 1.165) is 24.2 Å². The molecule has 0 saturated carbocycles. The van der Waals surface area contributed by atoms with E-state index in [1.54, 1.807) is 12.0 Å². The topological polar surface area (TPSA) is 59.0 Å². The molecule has 1 amide bonds. The number of piperidine rings is 1. The molecule has 1 heterocycles. The molecule has 3 unspecified atom stereocenters. The van der Waals surface area contributed by atoms with Crippen LogP contribution in [0.15, 0.2) is 24.3 Å². The van der Waals surface area contributed by atoms with Crippen LogP contribution in [0.25, 0.3) is 0 Å². The number of methoxy groups -OCH3 is 1. The van der Waals surface area contributed by atoms with Crippen LogP contribution in [0.1, 0.15) is 58.6 Å². The molecule has 0 bridgehead atoms. The van der Waals surface area contributed by atoms with Crippen LogP contribution in [-0.4, -0.2) is 41.4 Å². The highest BCUT2D eigenvalue weighted by atomic mass is 16.6. The molecule has 5 heteroatoms. The number of rotatable bonds is 4. The fraction of sp³-hybridized carbons (Fsp3) is 0.650. The number of benzene rings is 1. The van der Waals surface area contributed by atoms with Crippen molar-refractivity contribution in [3.05, 3.63) is 29.8 Å². The summed E-state index contributed by atoms with van der Waals surface area (Å²) >= 11 is 0. The minimum Gasteiger partial charge on any atom is -0.497 e. The maximum Gasteiger partial charge on any atom is 0.410 e. The summed E-state index contributed by atoms with van der Waals surface area (Å²) in [7, 11) is 1.62. The van der Waals surface area contributed by atoms with Crippen molar-refractivity contribution in [2.45, 2.75) is 64.7 Å². The number of nitrogens with zero attached hydrogens (tertiary/aromatic N) is 1. The van der Waals surface area contributed by atoms with Gasteiger partial charge in [0.1, 0.15) is 11.4 Å². The molecule has 0 spiro atoms. The van der Waals surface area contributed by atoms with Gasteiger partial charge >= 0.3 is 6.09 Å². The molecule has 25 heavy (non-hydrogen) atoms. The van der Waals surface area contributed by atoms with Crippen LogP contribution in [0.4, 0.5) is 4.79 Å². The van der Waals surface area contributed by atoms with Gasteiger partial charge in [-0.05, 0) is 63.6 Å². The van der Waals surface area contributed by atoms with Crippen LogP contribution in [0.2, 0.25) is 0 Å². The summed E-state index contributed by atoms with van der Waals surface area (Å²) in [6.07, 6.45) is 1.45. The SMILES string of the molecule is COc1ccc(C(O)CC2CC(C)CCN2C(=O)OC(C)(C)C)cc1. The predicted octanol–water partition coefficient (Wildman–Crippen LogP) is 4.15. The molecule has 5 nitrogen and oxygen atoms in total. The average Bonchev–Trinajstić information content (AvgIpc) is 2.53. The summed E-state index contributed by atoms with van der Waals surface area (Å²) in [4.78, 5) is 14.3. The van der Waals surface area contributed by atoms with Crippen molar-refractivity contribution >= 4 is 6.09 Å². The van der Waals surface area contributed by atoms with Gasteiger partial charge in [0.2, 0.25) is 0 Å². The van der Waals surface area contributed by atoms with Gasteiger partial charge < -0.3 is 19.5 Å². The first-order chi connectivity index (χ1) is 11.7. The van der Waals surface area contributed by atoms with E-state index in [0.29, 0.717) is 18.9 Å². The average molecular weight is 349 g/mol. The molecule has 3 atom stereocenters. The fourth-order valence-corrected chi connectivity index (χ4v) is 3.26. The fourth-order valence-electron chi connectivity index (χ4n) is 3.26. The van der Waals surface area contributed by atoms with E-state index in [-0.39, 0.29) is 12.1 Å². The molecule has 1 aliphatic heterocycles. The van der Waals surface area contributed by atoms with E-state index >= 15 is 0 Å². The first-order valence-electron chi connectivity index (χ1n) is 9.01. The highest BCUT2D eigenvalue weighted by Crippen LogP contribution is 2.31. The van der Waals surface area contributed by atoms with Crippen molar-refractivity contribution in [1.82, 2.24) is 4.90 Å². The molecule has 1 aliphatic rings. The summed E-state index contributed by atoms with van der Waals surface area (Å²) in [6.45, 7) is 8.49. The number of carbonyl (C=O) groups is 1. The van der Waals surface area contributed by atoms with Crippen LogP contribution < -0.4 is 4.74 Å². The number of carbonyl (C=O) groups excluding carboxylic acids is 1. The number of likely N-dealkylation sites (tertiary alicyclic amines) is 1. The Morgan fingerprint density at radius 2 is 1.96 bits per heavy atom. The quantitative estimate of drug-likeness (QED) is 0.887. The zero-order valence-corrected chi connectivity index (χ0v) is 16.0. The molecule has 1 N–H and O–H groups in total. The van der Waals surface area contributed by atoms with E-state index in [2.05, 4.69) is 6.92 Å². The van der Waals surface area contributed by atoms with Gasteiger partial charge in [-0.25, -0.2) is 4.79 Å². The van der Waals surface area contributed by atoms with Crippen molar-refractivity contribution < 1.29 is 19.4 Å². The van der Waals surface area contributed by atoms with E-state index < -0.39 is 11.7 Å². The molecule has 0 aliphatic carbocycles.